The van der Waals surface area contributed by atoms with Crippen LogP contribution in [0.25, 0.3) is 0 Å². The van der Waals surface area contributed by atoms with Crippen LogP contribution < -0.4 is 14.8 Å². The summed E-state index contributed by atoms with van der Waals surface area (Å²) in [6, 6.07) is 14.4. The number of likely N-dealkylation sites (tertiary alicyclic amines) is 1. The standard InChI is InChI=1S/C23H28N2O5/c1-28-20-12-11-18(14-21(20)29-2)24-23(27)19-10-6-7-13-25(19)15-22(26)30-16-17-8-4-3-5-9-17/h3-5,8-9,11-12,14,19H,6-7,10,13,15-16H2,1-2H3,(H,24,27)/t19-/m1/s1. The van der Waals surface area contributed by atoms with E-state index in [0.29, 0.717) is 30.2 Å². The first kappa shape index (κ1) is 21.6. The lowest BCUT2D eigenvalue weighted by atomic mass is 10.0. The Labute approximate surface area is 176 Å². The Balaban J connectivity index is 1.59. The van der Waals surface area contributed by atoms with Crippen LogP contribution in [0, 0.1) is 0 Å². The van der Waals surface area contributed by atoms with E-state index in [4.69, 9.17) is 14.2 Å². The highest BCUT2D eigenvalue weighted by Crippen LogP contribution is 2.30. The molecule has 1 saturated heterocycles. The van der Waals surface area contributed by atoms with E-state index in [-0.39, 0.29) is 31.1 Å². The Morgan fingerprint density at radius 2 is 1.80 bits per heavy atom. The maximum atomic E-state index is 12.9. The molecule has 0 aromatic heterocycles. The quantitative estimate of drug-likeness (QED) is 0.671. The summed E-state index contributed by atoms with van der Waals surface area (Å²) in [5, 5.41) is 2.93. The molecule has 0 bridgehead atoms. The fourth-order valence-corrected chi connectivity index (χ4v) is 3.57. The van der Waals surface area contributed by atoms with Crippen LogP contribution in [0.2, 0.25) is 0 Å². The summed E-state index contributed by atoms with van der Waals surface area (Å²) in [4.78, 5) is 27.2. The van der Waals surface area contributed by atoms with Crippen molar-refractivity contribution in [1.29, 1.82) is 0 Å². The van der Waals surface area contributed by atoms with Crippen LogP contribution >= 0.6 is 0 Å². The molecule has 0 unspecified atom stereocenters. The summed E-state index contributed by atoms with van der Waals surface area (Å²) in [5.74, 6) is 0.665. The van der Waals surface area contributed by atoms with Gasteiger partial charge in [0.1, 0.15) is 6.61 Å². The lowest BCUT2D eigenvalue weighted by molar-refractivity contribution is -0.147. The van der Waals surface area contributed by atoms with Gasteiger partial charge in [-0.3, -0.25) is 14.5 Å². The number of carbonyl (C=O) groups is 2. The number of benzene rings is 2. The average molecular weight is 412 g/mol. The second-order valence-corrected chi connectivity index (χ2v) is 7.19. The Morgan fingerprint density at radius 3 is 2.53 bits per heavy atom. The summed E-state index contributed by atoms with van der Waals surface area (Å²) in [6.07, 6.45) is 2.59. The van der Waals surface area contributed by atoms with Gasteiger partial charge in [0.15, 0.2) is 11.5 Å². The number of methoxy groups -OCH3 is 2. The third kappa shape index (κ3) is 5.73. The number of ether oxygens (including phenoxy) is 3. The number of piperidine rings is 1. The van der Waals surface area contributed by atoms with E-state index in [1.54, 1.807) is 32.4 Å². The van der Waals surface area contributed by atoms with E-state index >= 15 is 0 Å². The van der Waals surface area contributed by atoms with Gasteiger partial charge in [0, 0.05) is 11.8 Å². The van der Waals surface area contributed by atoms with Crippen LogP contribution in [0.3, 0.4) is 0 Å². The Hall–Kier alpha value is -3.06. The van der Waals surface area contributed by atoms with Crippen molar-refractivity contribution in [2.75, 3.05) is 32.6 Å². The van der Waals surface area contributed by atoms with Crippen molar-refractivity contribution >= 4 is 17.6 Å². The van der Waals surface area contributed by atoms with Crippen molar-refractivity contribution in [3.05, 3.63) is 54.1 Å². The molecule has 0 aliphatic carbocycles. The van der Waals surface area contributed by atoms with Crippen LogP contribution in [0.4, 0.5) is 5.69 Å². The maximum absolute atomic E-state index is 12.9. The monoisotopic (exact) mass is 412 g/mol. The zero-order valence-electron chi connectivity index (χ0n) is 17.4. The Morgan fingerprint density at radius 1 is 1.03 bits per heavy atom. The van der Waals surface area contributed by atoms with E-state index in [0.717, 1.165) is 18.4 Å². The highest BCUT2D eigenvalue weighted by Gasteiger charge is 2.30. The molecule has 30 heavy (non-hydrogen) atoms. The summed E-state index contributed by atoms with van der Waals surface area (Å²) >= 11 is 0. The molecule has 1 aliphatic heterocycles. The van der Waals surface area contributed by atoms with Crippen molar-refractivity contribution in [1.82, 2.24) is 4.90 Å². The number of hydrogen-bond acceptors (Lipinski definition) is 6. The molecule has 7 nitrogen and oxygen atoms in total. The third-order valence-corrected chi connectivity index (χ3v) is 5.14. The van der Waals surface area contributed by atoms with Crippen LogP contribution in [0.15, 0.2) is 48.5 Å². The molecule has 2 aromatic carbocycles. The largest absolute Gasteiger partial charge is 0.493 e. The minimum Gasteiger partial charge on any atom is -0.493 e. The fourth-order valence-electron chi connectivity index (χ4n) is 3.57. The summed E-state index contributed by atoms with van der Waals surface area (Å²) < 4.78 is 15.9. The first-order chi connectivity index (χ1) is 14.6. The lowest BCUT2D eigenvalue weighted by Gasteiger charge is -2.33. The average Bonchev–Trinajstić information content (AvgIpc) is 2.78. The Bertz CT molecular complexity index is 856. The van der Waals surface area contributed by atoms with Gasteiger partial charge >= 0.3 is 5.97 Å². The molecule has 1 fully saturated rings. The molecule has 1 aliphatic rings. The smallest absolute Gasteiger partial charge is 0.320 e. The molecule has 0 saturated carbocycles. The van der Waals surface area contributed by atoms with Gasteiger partial charge in [0.05, 0.1) is 26.8 Å². The maximum Gasteiger partial charge on any atom is 0.320 e. The lowest BCUT2D eigenvalue weighted by Crippen LogP contribution is -2.49. The summed E-state index contributed by atoms with van der Waals surface area (Å²) in [7, 11) is 3.11. The van der Waals surface area contributed by atoms with E-state index in [1.807, 2.05) is 35.2 Å². The minimum absolute atomic E-state index is 0.0941. The molecular weight excluding hydrogens is 384 g/mol. The predicted molar refractivity (Wildman–Crippen MR) is 114 cm³/mol. The van der Waals surface area contributed by atoms with Crippen molar-refractivity contribution < 1.29 is 23.8 Å². The summed E-state index contributed by atoms with van der Waals surface area (Å²) in [5.41, 5.74) is 1.56. The van der Waals surface area contributed by atoms with Crippen molar-refractivity contribution in [2.45, 2.75) is 31.9 Å². The highest BCUT2D eigenvalue weighted by atomic mass is 16.5. The molecule has 0 radical (unpaired) electrons. The van der Waals surface area contributed by atoms with E-state index in [9.17, 15) is 9.59 Å². The molecule has 1 atom stereocenters. The van der Waals surface area contributed by atoms with Crippen molar-refractivity contribution in [3.8, 4) is 11.5 Å². The molecule has 160 valence electrons. The van der Waals surface area contributed by atoms with Crippen molar-refractivity contribution in [3.63, 3.8) is 0 Å². The number of nitrogens with zero attached hydrogens (tertiary/aromatic N) is 1. The number of anilines is 1. The summed E-state index contributed by atoms with van der Waals surface area (Å²) in [6.45, 7) is 1.01. The number of nitrogens with one attached hydrogen (secondary N) is 1. The van der Waals surface area contributed by atoms with E-state index in [2.05, 4.69) is 5.32 Å². The molecule has 3 rings (SSSR count). The number of esters is 1. The van der Waals surface area contributed by atoms with Gasteiger partial charge < -0.3 is 19.5 Å². The molecule has 1 N–H and O–H groups in total. The second-order valence-electron chi connectivity index (χ2n) is 7.19. The van der Waals surface area contributed by atoms with Crippen LogP contribution in [-0.2, 0) is 20.9 Å². The normalized spacial score (nSPS) is 16.5. The van der Waals surface area contributed by atoms with Gasteiger partial charge in [-0.05, 0) is 37.1 Å². The van der Waals surface area contributed by atoms with E-state index < -0.39 is 0 Å². The molecule has 0 spiro atoms. The van der Waals surface area contributed by atoms with Gasteiger partial charge in [-0.15, -0.1) is 0 Å². The topological polar surface area (TPSA) is 77.1 Å². The van der Waals surface area contributed by atoms with Gasteiger partial charge in [-0.1, -0.05) is 36.8 Å². The third-order valence-electron chi connectivity index (χ3n) is 5.14. The minimum atomic E-state index is -0.379. The fraction of sp³-hybridized carbons (Fsp3) is 0.391. The van der Waals surface area contributed by atoms with Gasteiger partial charge in [0.2, 0.25) is 5.91 Å². The first-order valence-electron chi connectivity index (χ1n) is 10.1. The number of carbonyl (C=O) groups excluding carboxylic acids is 2. The van der Waals surface area contributed by atoms with Gasteiger partial charge in [-0.2, -0.15) is 0 Å². The number of rotatable bonds is 8. The molecule has 1 heterocycles. The van der Waals surface area contributed by atoms with Gasteiger partial charge in [-0.25, -0.2) is 0 Å². The molecule has 7 heteroatoms. The number of hydrogen-bond donors (Lipinski definition) is 1. The van der Waals surface area contributed by atoms with Gasteiger partial charge in [0.25, 0.3) is 0 Å². The zero-order chi connectivity index (χ0) is 21.3. The zero-order valence-corrected chi connectivity index (χ0v) is 17.4. The first-order valence-corrected chi connectivity index (χ1v) is 10.1. The van der Waals surface area contributed by atoms with Crippen molar-refractivity contribution in [2.24, 2.45) is 0 Å². The number of amides is 1. The van der Waals surface area contributed by atoms with Crippen LogP contribution in [0.1, 0.15) is 24.8 Å². The van der Waals surface area contributed by atoms with Crippen LogP contribution in [-0.4, -0.2) is 50.1 Å². The highest BCUT2D eigenvalue weighted by molar-refractivity contribution is 5.95. The molecular formula is C23H28N2O5. The SMILES string of the molecule is COc1ccc(NC(=O)[C@H]2CCCCN2CC(=O)OCc2ccccc2)cc1OC. The molecule has 1 amide bonds. The second kappa shape index (κ2) is 10.6. The molecule has 2 aromatic rings. The predicted octanol–water partition coefficient (Wildman–Crippen LogP) is 3.24. The van der Waals surface area contributed by atoms with Crippen LogP contribution in [0.5, 0.6) is 11.5 Å². The Kier molecular flexibility index (Phi) is 7.68. The van der Waals surface area contributed by atoms with E-state index in [1.165, 1.54) is 0 Å².